The molecule has 1 rings (SSSR count). The third kappa shape index (κ3) is 7.93. The van der Waals surface area contributed by atoms with Gasteiger partial charge < -0.3 is 20.2 Å². The van der Waals surface area contributed by atoms with E-state index in [0.717, 1.165) is 5.56 Å². The van der Waals surface area contributed by atoms with Crippen molar-refractivity contribution in [3.8, 4) is 0 Å². The van der Waals surface area contributed by atoms with E-state index in [1.165, 1.54) is 13.8 Å². The van der Waals surface area contributed by atoms with Crippen LogP contribution in [-0.2, 0) is 25.7 Å². The molecule has 0 aromatic heterocycles. The van der Waals surface area contributed by atoms with Gasteiger partial charge in [0.25, 0.3) is 5.91 Å². The molecule has 9 nitrogen and oxygen atoms in total. The number of amides is 3. The van der Waals surface area contributed by atoms with Gasteiger partial charge in [0.1, 0.15) is 25.0 Å². The van der Waals surface area contributed by atoms with E-state index in [-0.39, 0.29) is 13.2 Å². The number of carbonyl (C=O) groups excluding carboxylic acids is 4. The Bertz CT molecular complexity index is 593. The zero-order valence-electron chi connectivity index (χ0n) is 14.1. The van der Waals surface area contributed by atoms with Crippen LogP contribution in [0.4, 0.5) is 4.79 Å². The Hall–Kier alpha value is -2.94. The number of hydrogen-bond acceptors (Lipinski definition) is 6. The minimum atomic E-state index is -0.888. The van der Waals surface area contributed by atoms with Crippen LogP contribution in [0.2, 0.25) is 0 Å². The zero-order valence-corrected chi connectivity index (χ0v) is 14.1. The van der Waals surface area contributed by atoms with Crippen LogP contribution in [0.3, 0.4) is 0 Å². The topological polar surface area (TPSA) is 126 Å². The van der Waals surface area contributed by atoms with Gasteiger partial charge in [0, 0.05) is 0 Å². The molecule has 1 aromatic rings. The van der Waals surface area contributed by atoms with Crippen LogP contribution in [0.1, 0.15) is 19.4 Å². The maximum absolute atomic E-state index is 12.0. The van der Waals surface area contributed by atoms with Gasteiger partial charge in [-0.2, -0.15) is 0 Å². The molecule has 0 aliphatic carbocycles. The lowest BCUT2D eigenvalue weighted by atomic mass is 10.2. The number of nitrogens with one attached hydrogen (secondary N) is 4. The highest BCUT2D eigenvalue weighted by Crippen LogP contribution is 2.00. The van der Waals surface area contributed by atoms with E-state index in [1.54, 1.807) is 0 Å². The van der Waals surface area contributed by atoms with Gasteiger partial charge in [0.05, 0.1) is 6.54 Å². The van der Waals surface area contributed by atoms with E-state index >= 15 is 0 Å². The lowest BCUT2D eigenvalue weighted by molar-refractivity contribution is -0.130. The number of carbonyl (C=O) groups is 4. The van der Waals surface area contributed by atoms with Crippen LogP contribution >= 0.6 is 0 Å². The molecule has 136 valence electrons. The van der Waals surface area contributed by atoms with Crippen LogP contribution in [0.15, 0.2) is 30.3 Å². The first kappa shape index (κ1) is 20.1. The Morgan fingerprint density at radius 1 is 1.04 bits per heavy atom. The van der Waals surface area contributed by atoms with Crippen molar-refractivity contribution < 1.29 is 23.9 Å². The van der Waals surface area contributed by atoms with Crippen LogP contribution in [0.5, 0.6) is 0 Å². The second-order valence-electron chi connectivity index (χ2n) is 5.19. The Labute approximate surface area is 145 Å². The van der Waals surface area contributed by atoms with Crippen molar-refractivity contribution in [2.45, 2.75) is 32.5 Å². The fraction of sp³-hybridized carbons (Fsp3) is 0.375. The molecule has 0 aliphatic heterocycles. The largest absolute Gasteiger partial charge is 0.445 e. The van der Waals surface area contributed by atoms with E-state index in [4.69, 9.17) is 4.74 Å². The first-order chi connectivity index (χ1) is 11.9. The molecular formula is C16H22N4O5. The van der Waals surface area contributed by atoms with Gasteiger partial charge >= 0.3 is 6.09 Å². The van der Waals surface area contributed by atoms with Crippen LogP contribution in [0, 0.1) is 0 Å². The monoisotopic (exact) mass is 350 g/mol. The molecule has 0 bridgehead atoms. The molecule has 2 atom stereocenters. The van der Waals surface area contributed by atoms with E-state index in [9.17, 15) is 19.2 Å². The fourth-order valence-electron chi connectivity index (χ4n) is 1.70. The second-order valence-corrected chi connectivity index (χ2v) is 5.19. The maximum atomic E-state index is 12.0. The number of rotatable bonds is 9. The van der Waals surface area contributed by atoms with E-state index in [0.29, 0.717) is 6.29 Å². The highest BCUT2D eigenvalue weighted by molar-refractivity contribution is 5.90. The van der Waals surface area contributed by atoms with Crippen molar-refractivity contribution in [2.24, 2.45) is 0 Å². The predicted molar refractivity (Wildman–Crippen MR) is 89.0 cm³/mol. The molecule has 0 fully saturated rings. The van der Waals surface area contributed by atoms with Gasteiger partial charge in [-0.25, -0.2) is 10.2 Å². The highest BCUT2D eigenvalue weighted by atomic mass is 16.5. The molecule has 25 heavy (non-hydrogen) atoms. The predicted octanol–water partition coefficient (Wildman–Crippen LogP) is -0.374. The normalized spacial score (nSPS) is 12.4. The Balaban J connectivity index is 2.33. The van der Waals surface area contributed by atoms with Crippen LogP contribution in [-0.4, -0.2) is 42.8 Å². The molecular weight excluding hydrogens is 328 g/mol. The summed E-state index contributed by atoms with van der Waals surface area (Å²) < 4.78 is 5.01. The summed E-state index contributed by atoms with van der Waals surface area (Å²) in [5.41, 5.74) is 5.46. The van der Waals surface area contributed by atoms with Gasteiger partial charge in [0.15, 0.2) is 0 Å². The summed E-state index contributed by atoms with van der Waals surface area (Å²) in [4.78, 5) is 45.4. The number of alkyl carbamates (subject to hydrolysis) is 1. The second kappa shape index (κ2) is 10.8. The zero-order chi connectivity index (χ0) is 18.7. The molecule has 0 heterocycles. The van der Waals surface area contributed by atoms with E-state index in [2.05, 4.69) is 21.5 Å². The van der Waals surface area contributed by atoms with Crippen molar-refractivity contribution in [2.75, 3.05) is 6.54 Å². The molecule has 0 spiro atoms. The molecule has 3 amide bonds. The number of benzene rings is 1. The molecule has 0 radical (unpaired) electrons. The van der Waals surface area contributed by atoms with Crippen LogP contribution < -0.4 is 21.5 Å². The van der Waals surface area contributed by atoms with E-state index in [1.807, 2.05) is 30.3 Å². The number of hydrogen-bond donors (Lipinski definition) is 4. The molecule has 9 heteroatoms. The van der Waals surface area contributed by atoms with Gasteiger partial charge in [-0.1, -0.05) is 30.3 Å². The van der Waals surface area contributed by atoms with Crippen molar-refractivity contribution >= 4 is 24.2 Å². The summed E-state index contributed by atoms with van der Waals surface area (Å²) >= 11 is 0. The Kier molecular flexibility index (Phi) is 8.66. The minimum Gasteiger partial charge on any atom is -0.445 e. The summed E-state index contributed by atoms with van der Waals surface area (Å²) in [5, 5.41) is 4.82. The Morgan fingerprint density at radius 2 is 1.68 bits per heavy atom. The number of hydrazine groups is 1. The third-order valence-electron chi connectivity index (χ3n) is 3.09. The summed E-state index contributed by atoms with van der Waals surface area (Å²) in [7, 11) is 0. The maximum Gasteiger partial charge on any atom is 0.408 e. The van der Waals surface area contributed by atoms with E-state index < -0.39 is 30.0 Å². The fourth-order valence-corrected chi connectivity index (χ4v) is 1.70. The summed E-state index contributed by atoms with van der Waals surface area (Å²) in [6, 6.07) is 7.37. The number of ether oxygens (including phenoxy) is 1. The van der Waals surface area contributed by atoms with Crippen molar-refractivity contribution in [3.05, 3.63) is 35.9 Å². The van der Waals surface area contributed by atoms with Crippen molar-refractivity contribution in [1.82, 2.24) is 21.5 Å². The van der Waals surface area contributed by atoms with Gasteiger partial charge in [-0.05, 0) is 19.4 Å². The number of aldehydes is 1. The molecule has 1 aromatic carbocycles. The molecule has 4 N–H and O–H groups in total. The minimum absolute atomic E-state index is 0.0440. The summed E-state index contributed by atoms with van der Waals surface area (Å²) in [6.07, 6.45) is -0.160. The lowest BCUT2D eigenvalue weighted by Crippen LogP contribution is -2.53. The first-order valence-electron chi connectivity index (χ1n) is 7.68. The standard InChI is InChI=1S/C16H22N4O5/c1-11(14(22)18-12(2)15(23)20-17-8-9-21)19-16(24)25-10-13-6-4-3-5-7-13/h3-7,9,11-12,17H,8,10H2,1-2H3,(H,18,22)(H,19,24)(H,20,23)/t11-,12-/m0/s1. The summed E-state index contributed by atoms with van der Waals surface area (Å²) in [6.45, 7) is 2.98. The SMILES string of the molecule is C[C@H](NC(=O)OCc1ccccc1)C(=O)N[C@@H](C)C(=O)NNCC=O. The average molecular weight is 350 g/mol. The van der Waals surface area contributed by atoms with Crippen LogP contribution in [0.25, 0.3) is 0 Å². The molecule has 0 saturated carbocycles. The van der Waals surface area contributed by atoms with Gasteiger partial charge in [-0.3, -0.25) is 15.0 Å². The average Bonchev–Trinajstić information content (AvgIpc) is 2.60. The van der Waals surface area contributed by atoms with Crippen molar-refractivity contribution in [1.29, 1.82) is 0 Å². The lowest BCUT2D eigenvalue weighted by Gasteiger charge is -2.18. The first-order valence-corrected chi connectivity index (χ1v) is 7.68. The van der Waals surface area contributed by atoms with Gasteiger partial charge in [0.2, 0.25) is 5.91 Å². The Morgan fingerprint density at radius 3 is 2.32 bits per heavy atom. The van der Waals surface area contributed by atoms with Crippen molar-refractivity contribution in [3.63, 3.8) is 0 Å². The molecule has 0 unspecified atom stereocenters. The summed E-state index contributed by atoms with van der Waals surface area (Å²) in [5.74, 6) is -1.07. The smallest absolute Gasteiger partial charge is 0.408 e. The van der Waals surface area contributed by atoms with Gasteiger partial charge in [-0.15, -0.1) is 0 Å². The molecule has 0 saturated heterocycles. The third-order valence-corrected chi connectivity index (χ3v) is 3.09. The highest BCUT2D eigenvalue weighted by Gasteiger charge is 2.21. The quantitative estimate of drug-likeness (QED) is 0.273. The molecule has 0 aliphatic rings.